The molecule has 0 atom stereocenters. The second-order valence-electron chi connectivity index (χ2n) is 3.73. The van der Waals surface area contributed by atoms with Crippen LogP contribution in [0.15, 0.2) is 16.9 Å². The maximum absolute atomic E-state index is 11.8. The van der Waals surface area contributed by atoms with E-state index in [1.54, 1.807) is 18.4 Å². The monoisotopic (exact) mass is 376 g/mol. The highest BCUT2D eigenvalue weighted by molar-refractivity contribution is 14.1. The van der Waals surface area contributed by atoms with Crippen molar-refractivity contribution in [2.45, 2.75) is 20.0 Å². The summed E-state index contributed by atoms with van der Waals surface area (Å²) in [4.78, 5) is 21.4. The number of hydrogen-bond donors (Lipinski definition) is 1. The second-order valence-corrected chi connectivity index (χ2v) is 5.97. The minimum atomic E-state index is -0.112. The van der Waals surface area contributed by atoms with Gasteiger partial charge in [-0.3, -0.25) is 4.79 Å². The topological polar surface area (TPSA) is 55.0 Å². The lowest BCUT2D eigenvalue weighted by atomic mass is 10.3. The molecule has 0 saturated heterocycles. The largest absolute Gasteiger partial charge is 0.378 e. The van der Waals surface area contributed by atoms with Crippen molar-refractivity contribution in [3.8, 4) is 10.7 Å². The van der Waals surface area contributed by atoms with Crippen LogP contribution < -0.4 is 5.56 Å². The highest BCUT2D eigenvalue weighted by atomic mass is 127. The third kappa shape index (κ3) is 2.81. The first kappa shape index (κ1) is 13.7. The normalized spacial score (nSPS) is 10.8. The zero-order valence-electron chi connectivity index (χ0n) is 10.1. The number of aromatic amines is 1. The molecular formula is C12H13IN2O2S. The average Bonchev–Trinajstić information content (AvgIpc) is 2.83. The fourth-order valence-electron chi connectivity index (χ4n) is 1.55. The van der Waals surface area contributed by atoms with Gasteiger partial charge in [-0.25, -0.2) is 4.98 Å². The van der Waals surface area contributed by atoms with Crippen LogP contribution in [-0.2, 0) is 17.8 Å². The number of hydrogen-bond acceptors (Lipinski definition) is 4. The molecule has 0 radical (unpaired) electrons. The van der Waals surface area contributed by atoms with Crippen molar-refractivity contribution in [2.24, 2.45) is 0 Å². The van der Waals surface area contributed by atoms with Crippen LogP contribution in [0, 0.1) is 3.57 Å². The molecule has 0 bridgehead atoms. The summed E-state index contributed by atoms with van der Waals surface area (Å²) < 4.78 is 5.65. The van der Waals surface area contributed by atoms with E-state index in [0.29, 0.717) is 21.7 Å². The number of rotatable bonds is 4. The van der Waals surface area contributed by atoms with Crippen LogP contribution in [0.4, 0.5) is 0 Å². The van der Waals surface area contributed by atoms with Crippen molar-refractivity contribution < 1.29 is 4.74 Å². The van der Waals surface area contributed by atoms with E-state index in [2.05, 4.69) is 23.0 Å². The predicted molar refractivity (Wildman–Crippen MR) is 81.0 cm³/mol. The first-order chi connectivity index (χ1) is 8.65. The van der Waals surface area contributed by atoms with Gasteiger partial charge in [-0.15, -0.1) is 11.3 Å². The molecule has 1 N–H and O–H groups in total. The van der Waals surface area contributed by atoms with Gasteiger partial charge in [0, 0.05) is 12.0 Å². The highest BCUT2D eigenvalue weighted by Crippen LogP contribution is 2.25. The van der Waals surface area contributed by atoms with E-state index < -0.39 is 0 Å². The smallest absolute Gasteiger partial charge is 0.264 e. The third-order valence-electron chi connectivity index (χ3n) is 2.46. The number of ether oxygens (including phenoxy) is 1. The molecule has 0 aliphatic heterocycles. The molecule has 2 aromatic heterocycles. The summed E-state index contributed by atoms with van der Waals surface area (Å²) >= 11 is 3.65. The molecule has 0 aliphatic rings. The van der Waals surface area contributed by atoms with Gasteiger partial charge in [-0.1, -0.05) is 6.92 Å². The Labute approximate surface area is 123 Å². The first-order valence-corrected chi connectivity index (χ1v) is 7.42. The Balaban J connectivity index is 2.48. The van der Waals surface area contributed by atoms with Crippen molar-refractivity contribution >= 4 is 33.9 Å². The van der Waals surface area contributed by atoms with Gasteiger partial charge in [0.1, 0.15) is 3.57 Å². The zero-order valence-corrected chi connectivity index (χ0v) is 13.1. The SMILES string of the molecule is CCc1ccc(-c2nc(COC)c(I)c(=O)[nH]2)s1. The summed E-state index contributed by atoms with van der Waals surface area (Å²) in [6.07, 6.45) is 0.990. The molecule has 2 heterocycles. The number of aromatic nitrogens is 2. The Morgan fingerprint density at radius 3 is 2.89 bits per heavy atom. The van der Waals surface area contributed by atoms with E-state index in [4.69, 9.17) is 4.74 Å². The fraction of sp³-hybridized carbons (Fsp3) is 0.333. The maximum atomic E-state index is 11.8. The average molecular weight is 376 g/mol. The van der Waals surface area contributed by atoms with Crippen molar-refractivity contribution in [1.29, 1.82) is 0 Å². The van der Waals surface area contributed by atoms with Gasteiger partial charge >= 0.3 is 0 Å². The molecule has 6 heteroatoms. The molecule has 18 heavy (non-hydrogen) atoms. The van der Waals surface area contributed by atoms with Crippen LogP contribution in [0.3, 0.4) is 0 Å². The highest BCUT2D eigenvalue weighted by Gasteiger charge is 2.11. The number of methoxy groups -OCH3 is 1. The number of thiophene rings is 1. The molecule has 96 valence electrons. The molecule has 0 aliphatic carbocycles. The Hall–Kier alpha value is -0.730. The van der Waals surface area contributed by atoms with E-state index in [0.717, 1.165) is 11.3 Å². The molecule has 0 saturated carbocycles. The lowest BCUT2D eigenvalue weighted by molar-refractivity contribution is 0.180. The van der Waals surface area contributed by atoms with Crippen molar-refractivity contribution in [1.82, 2.24) is 9.97 Å². The fourth-order valence-corrected chi connectivity index (χ4v) is 2.85. The summed E-state index contributed by atoms with van der Waals surface area (Å²) in [5.74, 6) is 0.622. The Kier molecular flexibility index (Phi) is 4.52. The summed E-state index contributed by atoms with van der Waals surface area (Å²) in [5.41, 5.74) is 0.572. The quantitative estimate of drug-likeness (QED) is 0.835. The van der Waals surface area contributed by atoms with E-state index >= 15 is 0 Å². The second kappa shape index (κ2) is 5.94. The molecule has 0 spiro atoms. The molecule has 4 nitrogen and oxygen atoms in total. The van der Waals surface area contributed by atoms with Gasteiger partial charge in [0.25, 0.3) is 5.56 Å². The summed E-state index contributed by atoms with van der Waals surface area (Å²) in [6, 6.07) is 4.05. The van der Waals surface area contributed by atoms with Gasteiger partial charge in [0.15, 0.2) is 5.82 Å². The minimum absolute atomic E-state index is 0.112. The van der Waals surface area contributed by atoms with Crippen molar-refractivity contribution in [2.75, 3.05) is 7.11 Å². The summed E-state index contributed by atoms with van der Waals surface area (Å²) in [6.45, 7) is 2.46. The van der Waals surface area contributed by atoms with E-state index in [-0.39, 0.29) is 5.56 Å². The Morgan fingerprint density at radius 2 is 2.28 bits per heavy atom. The lowest BCUT2D eigenvalue weighted by Gasteiger charge is -2.04. The minimum Gasteiger partial charge on any atom is -0.378 e. The molecule has 0 amide bonds. The number of aryl methyl sites for hydroxylation is 1. The van der Waals surface area contributed by atoms with Crippen LogP contribution in [0.25, 0.3) is 10.7 Å². The Morgan fingerprint density at radius 1 is 1.50 bits per heavy atom. The molecule has 2 rings (SSSR count). The zero-order chi connectivity index (χ0) is 13.1. The number of halogens is 1. The molecular weight excluding hydrogens is 363 g/mol. The number of nitrogens with one attached hydrogen (secondary N) is 1. The first-order valence-electron chi connectivity index (χ1n) is 5.52. The van der Waals surface area contributed by atoms with Crippen molar-refractivity contribution in [3.05, 3.63) is 36.6 Å². The summed E-state index contributed by atoms with van der Waals surface area (Å²) in [7, 11) is 1.60. The van der Waals surface area contributed by atoms with Crippen LogP contribution >= 0.6 is 33.9 Å². The van der Waals surface area contributed by atoms with E-state index in [1.165, 1.54) is 4.88 Å². The van der Waals surface area contributed by atoms with Crippen molar-refractivity contribution in [3.63, 3.8) is 0 Å². The van der Waals surface area contributed by atoms with Gasteiger partial charge in [0.2, 0.25) is 0 Å². The molecule has 0 fully saturated rings. The molecule has 2 aromatic rings. The third-order valence-corrected chi connectivity index (χ3v) is 4.80. The van der Waals surface area contributed by atoms with Gasteiger partial charge < -0.3 is 9.72 Å². The van der Waals surface area contributed by atoms with Crippen LogP contribution in [-0.4, -0.2) is 17.1 Å². The summed E-state index contributed by atoms with van der Waals surface area (Å²) in [5, 5.41) is 0. The lowest BCUT2D eigenvalue weighted by Crippen LogP contribution is -2.16. The van der Waals surface area contributed by atoms with Crippen LogP contribution in [0.1, 0.15) is 17.5 Å². The maximum Gasteiger partial charge on any atom is 0.264 e. The predicted octanol–water partition coefficient (Wildman–Crippen LogP) is 2.81. The standard InChI is InChI=1S/C12H13IN2O2S/c1-3-7-4-5-9(18-7)11-14-8(6-17-2)10(13)12(16)15-11/h4-5H,3,6H2,1-2H3,(H,14,15,16). The van der Waals surface area contributed by atoms with E-state index in [1.807, 2.05) is 28.7 Å². The van der Waals surface area contributed by atoms with Crippen LogP contribution in [0.5, 0.6) is 0 Å². The van der Waals surface area contributed by atoms with Gasteiger partial charge in [0.05, 0.1) is 17.2 Å². The number of H-pyrrole nitrogens is 1. The molecule has 0 aromatic carbocycles. The van der Waals surface area contributed by atoms with Gasteiger partial charge in [-0.2, -0.15) is 0 Å². The Bertz CT molecular complexity index is 606. The number of nitrogens with zero attached hydrogens (tertiary/aromatic N) is 1. The van der Waals surface area contributed by atoms with E-state index in [9.17, 15) is 4.79 Å². The van der Waals surface area contributed by atoms with Gasteiger partial charge in [-0.05, 0) is 41.1 Å². The van der Waals surface area contributed by atoms with Crippen LogP contribution in [0.2, 0.25) is 0 Å². The molecule has 0 unspecified atom stereocenters.